The average Bonchev–Trinajstić information content (AvgIpc) is 2.72. The first-order valence-electron chi connectivity index (χ1n) is 9.29. The van der Waals surface area contributed by atoms with E-state index in [1.807, 2.05) is 0 Å². The van der Waals surface area contributed by atoms with Crippen molar-refractivity contribution in [2.24, 2.45) is 0 Å². The number of halogens is 5. The molecule has 0 radical (unpaired) electrons. The highest BCUT2D eigenvalue weighted by Crippen LogP contribution is 2.36. The van der Waals surface area contributed by atoms with Gasteiger partial charge in [-0.2, -0.15) is 13.2 Å². The van der Waals surface area contributed by atoms with E-state index in [1.54, 1.807) is 11.0 Å². The summed E-state index contributed by atoms with van der Waals surface area (Å²) in [5.41, 5.74) is 0.142. The lowest BCUT2D eigenvalue weighted by Gasteiger charge is -2.31. The van der Waals surface area contributed by atoms with Crippen molar-refractivity contribution in [1.82, 2.24) is 9.88 Å². The van der Waals surface area contributed by atoms with Crippen LogP contribution < -0.4 is 5.32 Å². The fraction of sp³-hybridized carbons (Fsp3) is 0.350. The van der Waals surface area contributed by atoms with Crippen LogP contribution in [-0.2, 0) is 6.18 Å². The Morgan fingerprint density at radius 1 is 1.23 bits per heavy atom. The Morgan fingerprint density at radius 2 is 1.97 bits per heavy atom. The normalized spacial score (nSPS) is 17.2. The molecule has 0 amide bonds. The van der Waals surface area contributed by atoms with Crippen LogP contribution in [0.1, 0.15) is 29.3 Å². The maximum absolute atomic E-state index is 14.4. The van der Waals surface area contributed by atoms with Crippen molar-refractivity contribution < 1.29 is 32.9 Å². The van der Waals surface area contributed by atoms with Crippen LogP contribution in [-0.4, -0.2) is 51.3 Å². The van der Waals surface area contributed by atoms with E-state index in [2.05, 4.69) is 10.3 Å². The van der Waals surface area contributed by atoms with Crippen LogP contribution in [0.25, 0.3) is 5.57 Å². The molecule has 0 saturated heterocycles. The monoisotopic (exact) mass is 461 g/mol. The lowest BCUT2D eigenvalue weighted by molar-refractivity contribution is -0.137. The molecule has 11 heteroatoms. The van der Waals surface area contributed by atoms with Gasteiger partial charge in [0.25, 0.3) is 0 Å². The summed E-state index contributed by atoms with van der Waals surface area (Å²) in [6.45, 7) is 0.0175. The van der Waals surface area contributed by atoms with E-state index in [0.29, 0.717) is 18.5 Å². The van der Waals surface area contributed by atoms with Gasteiger partial charge in [-0.1, -0.05) is 17.7 Å². The van der Waals surface area contributed by atoms with Gasteiger partial charge in [0, 0.05) is 30.5 Å². The Hall–Kier alpha value is -2.24. The molecule has 31 heavy (non-hydrogen) atoms. The van der Waals surface area contributed by atoms with Crippen LogP contribution >= 0.6 is 11.6 Å². The Labute approximate surface area is 180 Å². The van der Waals surface area contributed by atoms with E-state index in [4.69, 9.17) is 16.7 Å². The second kappa shape index (κ2) is 9.49. The molecule has 0 spiro atoms. The summed E-state index contributed by atoms with van der Waals surface area (Å²) in [5.74, 6) is -0.636. The molecule has 0 bridgehead atoms. The number of anilines is 1. The Morgan fingerprint density at radius 3 is 2.52 bits per heavy atom. The van der Waals surface area contributed by atoms with Crippen LogP contribution in [0.2, 0.25) is 5.02 Å². The van der Waals surface area contributed by atoms with E-state index in [9.17, 15) is 27.8 Å². The van der Waals surface area contributed by atoms with Crippen LogP contribution in [0.15, 0.2) is 36.5 Å². The SMILES string of the molecule is OC[C@@H](O)c1cnc(C2=CCN(C(O)Nc3ccc(C(F)(F)F)c(Cl)c3)CC2)c(F)c1. The summed E-state index contributed by atoms with van der Waals surface area (Å²) < 4.78 is 52.7. The summed E-state index contributed by atoms with van der Waals surface area (Å²) in [4.78, 5) is 5.62. The second-order valence-electron chi connectivity index (χ2n) is 6.98. The van der Waals surface area contributed by atoms with E-state index in [-0.39, 0.29) is 23.5 Å². The number of rotatable bonds is 6. The third-order valence-corrected chi connectivity index (χ3v) is 5.19. The molecule has 1 aliphatic heterocycles. The fourth-order valence-electron chi connectivity index (χ4n) is 3.17. The van der Waals surface area contributed by atoms with Gasteiger partial charge in [-0.15, -0.1) is 0 Å². The van der Waals surface area contributed by atoms with Crippen LogP contribution in [0.4, 0.5) is 23.2 Å². The fourth-order valence-corrected chi connectivity index (χ4v) is 3.46. The molecule has 6 nitrogen and oxygen atoms in total. The minimum Gasteiger partial charge on any atom is -0.393 e. The topological polar surface area (TPSA) is 88.9 Å². The Balaban J connectivity index is 1.65. The maximum Gasteiger partial charge on any atom is 0.417 e. The van der Waals surface area contributed by atoms with Crippen molar-refractivity contribution in [1.29, 1.82) is 0 Å². The molecule has 0 aliphatic carbocycles. The maximum atomic E-state index is 14.4. The molecule has 2 aromatic rings. The number of nitrogens with zero attached hydrogens (tertiary/aromatic N) is 2. The zero-order chi connectivity index (χ0) is 22.8. The van der Waals surface area contributed by atoms with E-state index >= 15 is 0 Å². The largest absolute Gasteiger partial charge is 0.417 e. The molecular weight excluding hydrogens is 442 g/mol. The van der Waals surface area contributed by atoms with Crippen molar-refractivity contribution in [3.63, 3.8) is 0 Å². The summed E-state index contributed by atoms with van der Waals surface area (Å²) in [7, 11) is 0. The molecule has 168 valence electrons. The van der Waals surface area contributed by atoms with E-state index < -0.39 is 41.6 Å². The van der Waals surface area contributed by atoms with Crippen molar-refractivity contribution >= 4 is 22.9 Å². The molecule has 1 aromatic heterocycles. The first-order valence-corrected chi connectivity index (χ1v) is 9.67. The Bertz CT molecular complexity index is 971. The van der Waals surface area contributed by atoms with E-state index in [0.717, 1.165) is 18.2 Å². The summed E-state index contributed by atoms with van der Waals surface area (Å²) in [6, 6.07) is 4.20. The number of pyridine rings is 1. The number of benzene rings is 1. The van der Waals surface area contributed by atoms with Gasteiger partial charge in [0.1, 0.15) is 17.6 Å². The van der Waals surface area contributed by atoms with Crippen molar-refractivity contribution in [2.75, 3.05) is 25.0 Å². The van der Waals surface area contributed by atoms with Crippen molar-refractivity contribution in [2.45, 2.75) is 25.1 Å². The van der Waals surface area contributed by atoms with Crippen molar-refractivity contribution in [3.05, 3.63) is 64.2 Å². The summed E-state index contributed by atoms with van der Waals surface area (Å²) >= 11 is 5.69. The molecule has 0 saturated carbocycles. The highest BCUT2D eigenvalue weighted by atomic mass is 35.5. The molecule has 2 heterocycles. The second-order valence-corrected chi connectivity index (χ2v) is 7.39. The molecule has 1 aromatic carbocycles. The number of hydrogen-bond donors (Lipinski definition) is 4. The summed E-state index contributed by atoms with van der Waals surface area (Å²) in [6.07, 6.45) is -3.66. The molecule has 1 unspecified atom stereocenters. The van der Waals surface area contributed by atoms with Gasteiger partial charge in [-0.25, -0.2) is 4.39 Å². The molecule has 1 aliphatic rings. The van der Waals surface area contributed by atoms with Crippen LogP contribution in [0.3, 0.4) is 0 Å². The minimum atomic E-state index is -4.57. The van der Waals surface area contributed by atoms with Gasteiger partial charge in [0.15, 0.2) is 6.35 Å². The van der Waals surface area contributed by atoms with Crippen LogP contribution in [0.5, 0.6) is 0 Å². The number of alkyl halides is 3. The molecule has 3 rings (SSSR count). The summed E-state index contributed by atoms with van der Waals surface area (Å²) in [5, 5.41) is 31.1. The number of aromatic nitrogens is 1. The highest BCUT2D eigenvalue weighted by molar-refractivity contribution is 6.31. The highest BCUT2D eigenvalue weighted by Gasteiger charge is 2.33. The third kappa shape index (κ3) is 5.52. The third-order valence-electron chi connectivity index (χ3n) is 4.88. The zero-order valence-corrected chi connectivity index (χ0v) is 16.8. The minimum absolute atomic E-state index is 0.116. The number of hydrogen-bond acceptors (Lipinski definition) is 6. The molecule has 4 N–H and O–H groups in total. The van der Waals surface area contributed by atoms with Gasteiger partial charge in [0.05, 0.1) is 17.2 Å². The standard InChI is InChI=1S/C20H20ClF4N3O3/c21-15-8-13(1-2-14(15)20(23,24)25)27-19(31)28-5-3-11(4-6-28)18-16(22)7-12(9-26-18)17(30)10-29/h1-3,7-9,17,19,27,29-31H,4-6,10H2/t17-,19?/m1/s1. The predicted molar refractivity (Wildman–Crippen MR) is 106 cm³/mol. The quantitative estimate of drug-likeness (QED) is 0.389. The van der Waals surface area contributed by atoms with Gasteiger partial charge >= 0.3 is 6.18 Å². The predicted octanol–water partition coefficient (Wildman–Crippen LogP) is 3.40. The molecular formula is C20H20ClF4N3O3. The smallest absolute Gasteiger partial charge is 0.393 e. The van der Waals surface area contributed by atoms with Gasteiger partial charge in [0.2, 0.25) is 0 Å². The molecule has 0 fully saturated rings. The number of nitrogens with one attached hydrogen (secondary N) is 1. The molecule has 2 atom stereocenters. The first kappa shape index (κ1) is 23.4. The number of aliphatic hydroxyl groups excluding tert-OH is 3. The van der Waals surface area contributed by atoms with Gasteiger partial charge in [-0.05, 0) is 36.3 Å². The lowest BCUT2D eigenvalue weighted by Crippen LogP contribution is -2.43. The Kier molecular flexibility index (Phi) is 7.17. The first-order chi connectivity index (χ1) is 14.6. The van der Waals surface area contributed by atoms with Crippen LogP contribution in [0, 0.1) is 5.82 Å². The zero-order valence-electron chi connectivity index (χ0n) is 16.1. The van der Waals surface area contributed by atoms with Gasteiger partial charge < -0.3 is 20.6 Å². The average molecular weight is 462 g/mol. The van der Waals surface area contributed by atoms with Crippen molar-refractivity contribution in [3.8, 4) is 0 Å². The van der Waals surface area contributed by atoms with Gasteiger partial charge in [-0.3, -0.25) is 9.88 Å². The lowest BCUT2D eigenvalue weighted by atomic mass is 10.0. The van der Waals surface area contributed by atoms with E-state index in [1.165, 1.54) is 12.3 Å². The number of aliphatic hydroxyl groups is 3.